The van der Waals surface area contributed by atoms with Crippen molar-refractivity contribution in [2.45, 2.75) is 12.7 Å². The van der Waals surface area contributed by atoms with Gasteiger partial charge in [-0.3, -0.25) is 0 Å². The Labute approximate surface area is 115 Å². The lowest BCUT2D eigenvalue weighted by Gasteiger charge is -2.23. The van der Waals surface area contributed by atoms with Crippen LogP contribution in [0.25, 0.3) is 0 Å². The van der Waals surface area contributed by atoms with Crippen LogP contribution in [0.1, 0.15) is 11.1 Å². The smallest absolute Gasteiger partial charge is 0.399 e. The summed E-state index contributed by atoms with van der Waals surface area (Å²) in [6.45, 7) is 0.359. The maximum absolute atomic E-state index is 13.0. The number of hydrogen-bond donors (Lipinski definition) is 1. The lowest BCUT2D eigenvalue weighted by molar-refractivity contribution is -0.137. The minimum atomic E-state index is -4.36. The molecule has 20 heavy (non-hydrogen) atoms. The van der Waals surface area contributed by atoms with E-state index >= 15 is 0 Å². The highest BCUT2D eigenvalue weighted by Crippen LogP contribution is 2.36. The molecule has 2 nitrogen and oxygen atoms in total. The summed E-state index contributed by atoms with van der Waals surface area (Å²) < 4.78 is 38.9. The largest absolute Gasteiger partial charge is 0.418 e. The van der Waals surface area contributed by atoms with Gasteiger partial charge in [0.05, 0.1) is 5.56 Å². The molecule has 0 amide bonds. The number of rotatable bonds is 3. The number of nitrogens with zero attached hydrogens (tertiary/aromatic N) is 1. The van der Waals surface area contributed by atoms with Gasteiger partial charge in [0.15, 0.2) is 0 Å². The SMILES string of the molecule is CN(Cc1cccc(N)c1)c1ccccc1C(F)(F)F. The van der Waals surface area contributed by atoms with Gasteiger partial charge in [-0.2, -0.15) is 13.2 Å². The average Bonchev–Trinajstić information content (AvgIpc) is 2.37. The van der Waals surface area contributed by atoms with E-state index in [9.17, 15) is 13.2 Å². The van der Waals surface area contributed by atoms with Crippen LogP contribution in [-0.2, 0) is 12.7 Å². The molecular weight excluding hydrogens is 265 g/mol. The summed E-state index contributed by atoms with van der Waals surface area (Å²) in [6.07, 6.45) is -4.36. The van der Waals surface area contributed by atoms with E-state index in [1.165, 1.54) is 12.1 Å². The molecule has 2 aromatic rings. The molecule has 0 aliphatic carbocycles. The van der Waals surface area contributed by atoms with Crippen LogP contribution in [0.3, 0.4) is 0 Å². The number of halogens is 3. The highest BCUT2D eigenvalue weighted by Gasteiger charge is 2.33. The van der Waals surface area contributed by atoms with Crippen molar-refractivity contribution in [1.82, 2.24) is 0 Å². The normalized spacial score (nSPS) is 11.4. The van der Waals surface area contributed by atoms with Crippen molar-refractivity contribution in [1.29, 1.82) is 0 Å². The first-order valence-corrected chi connectivity index (χ1v) is 6.09. The van der Waals surface area contributed by atoms with E-state index in [0.717, 1.165) is 11.6 Å². The molecule has 0 saturated heterocycles. The van der Waals surface area contributed by atoms with Gasteiger partial charge in [0, 0.05) is 25.0 Å². The Balaban J connectivity index is 2.28. The molecule has 5 heteroatoms. The summed E-state index contributed by atoms with van der Waals surface area (Å²) >= 11 is 0. The summed E-state index contributed by atoms with van der Waals surface area (Å²) in [6, 6.07) is 12.7. The standard InChI is InChI=1S/C15H15F3N2/c1-20(10-11-5-4-6-12(19)9-11)14-8-3-2-7-13(14)15(16,17)18/h2-9H,10,19H2,1H3. The summed E-state index contributed by atoms with van der Waals surface area (Å²) in [5.41, 5.74) is 6.66. The van der Waals surface area contributed by atoms with E-state index in [1.807, 2.05) is 6.07 Å². The summed E-state index contributed by atoms with van der Waals surface area (Å²) in [7, 11) is 1.63. The molecule has 2 rings (SSSR count). The van der Waals surface area contributed by atoms with Gasteiger partial charge < -0.3 is 10.6 Å². The molecule has 0 unspecified atom stereocenters. The van der Waals surface area contributed by atoms with E-state index in [0.29, 0.717) is 12.2 Å². The van der Waals surface area contributed by atoms with E-state index in [2.05, 4.69) is 0 Å². The van der Waals surface area contributed by atoms with Crippen molar-refractivity contribution < 1.29 is 13.2 Å². The predicted molar refractivity (Wildman–Crippen MR) is 74.4 cm³/mol. The van der Waals surface area contributed by atoms with Crippen LogP contribution >= 0.6 is 0 Å². The van der Waals surface area contributed by atoms with Gasteiger partial charge in [-0.25, -0.2) is 0 Å². The second-order valence-corrected chi connectivity index (χ2v) is 4.62. The van der Waals surface area contributed by atoms with Crippen LogP contribution in [0.4, 0.5) is 24.5 Å². The highest BCUT2D eigenvalue weighted by atomic mass is 19.4. The summed E-state index contributed by atoms with van der Waals surface area (Å²) in [4.78, 5) is 1.57. The number of benzene rings is 2. The molecule has 0 heterocycles. The number of alkyl halides is 3. The lowest BCUT2D eigenvalue weighted by atomic mass is 10.1. The maximum Gasteiger partial charge on any atom is 0.418 e. The van der Waals surface area contributed by atoms with Crippen molar-refractivity contribution in [2.75, 3.05) is 17.7 Å². The van der Waals surface area contributed by atoms with E-state index in [-0.39, 0.29) is 5.69 Å². The minimum Gasteiger partial charge on any atom is -0.399 e. The minimum absolute atomic E-state index is 0.155. The van der Waals surface area contributed by atoms with Crippen LogP contribution in [0, 0.1) is 0 Å². The molecular formula is C15H15F3N2. The molecule has 0 bridgehead atoms. The molecule has 0 atom stereocenters. The van der Waals surface area contributed by atoms with Gasteiger partial charge >= 0.3 is 6.18 Å². The molecule has 0 saturated carbocycles. The Hall–Kier alpha value is -2.17. The number of hydrogen-bond acceptors (Lipinski definition) is 2. The van der Waals surface area contributed by atoms with Crippen LogP contribution in [0.2, 0.25) is 0 Å². The van der Waals surface area contributed by atoms with Gasteiger partial charge in [0.25, 0.3) is 0 Å². The second kappa shape index (κ2) is 5.45. The van der Waals surface area contributed by atoms with Gasteiger partial charge in [-0.05, 0) is 29.8 Å². The van der Waals surface area contributed by atoms with Crippen molar-refractivity contribution in [3.05, 3.63) is 59.7 Å². The fraction of sp³-hybridized carbons (Fsp3) is 0.200. The third kappa shape index (κ3) is 3.23. The van der Waals surface area contributed by atoms with Crippen molar-refractivity contribution in [3.8, 4) is 0 Å². The number of nitrogens with two attached hydrogens (primary N) is 1. The topological polar surface area (TPSA) is 29.3 Å². The third-order valence-corrected chi connectivity index (χ3v) is 2.99. The molecule has 2 N–H and O–H groups in total. The predicted octanol–water partition coefficient (Wildman–Crippen LogP) is 3.92. The molecule has 0 aliphatic rings. The number of nitrogen functional groups attached to an aromatic ring is 1. The fourth-order valence-electron chi connectivity index (χ4n) is 2.10. The average molecular weight is 280 g/mol. The van der Waals surface area contributed by atoms with Crippen LogP contribution < -0.4 is 10.6 Å². The van der Waals surface area contributed by atoms with Gasteiger partial charge in [0.1, 0.15) is 0 Å². The van der Waals surface area contributed by atoms with Gasteiger partial charge in [-0.15, -0.1) is 0 Å². The summed E-state index contributed by atoms with van der Waals surface area (Å²) in [5.74, 6) is 0. The van der Waals surface area contributed by atoms with Crippen LogP contribution in [-0.4, -0.2) is 7.05 Å². The molecule has 0 aliphatic heterocycles. The highest BCUT2D eigenvalue weighted by molar-refractivity contribution is 5.55. The first-order valence-electron chi connectivity index (χ1n) is 6.09. The Kier molecular flexibility index (Phi) is 3.88. The first-order chi connectivity index (χ1) is 9.38. The van der Waals surface area contributed by atoms with Gasteiger partial charge in [0.2, 0.25) is 0 Å². The molecule has 0 spiro atoms. The Morgan fingerprint density at radius 3 is 2.40 bits per heavy atom. The molecule has 0 fully saturated rings. The number of anilines is 2. The molecule has 0 aromatic heterocycles. The van der Waals surface area contributed by atoms with E-state index < -0.39 is 11.7 Å². The zero-order valence-corrected chi connectivity index (χ0v) is 11.0. The third-order valence-electron chi connectivity index (χ3n) is 2.99. The molecule has 2 aromatic carbocycles. The maximum atomic E-state index is 13.0. The van der Waals surface area contributed by atoms with Crippen LogP contribution in [0.15, 0.2) is 48.5 Å². The quantitative estimate of drug-likeness (QED) is 0.863. The second-order valence-electron chi connectivity index (χ2n) is 4.62. The zero-order valence-electron chi connectivity index (χ0n) is 11.0. The lowest BCUT2D eigenvalue weighted by Crippen LogP contribution is -2.20. The van der Waals surface area contributed by atoms with Crippen molar-refractivity contribution in [2.24, 2.45) is 0 Å². The Morgan fingerprint density at radius 2 is 1.75 bits per heavy atom. The first kappa shape index (κ1) is 14.2. The Morgan fingerprint density at radius 1 is 1.05 bits per heavy atom. The van der Waals surface area contributed by atoms with Crippen LogP contribution in [0.5, 0.6) is 0 Å². The Bertz CT molecular complexity index is 594. The van der Waals surface area contributed by atoms with Gasteiger partial charge in [-0.1, -0.05) is 24.3 Å². The molecule has 0 radical (unpaired) electrons. The molecule has 106 valence electrons. The fourth-order valence-corrected chi connectivity index (χ4v) is 2.10. The number of para-hydroxylation sites is 1. The zero-order chi connectivity index (χ0) is 14.8. The van der Waals surface area contributed by atoms with Crippen molar-refractivity contribution in [3.63, 3.8) is 0 Å². The monoisotopic (exact) mass is 280 g/mol. The van der Waals surface area contributed by atoms with E-state index in [4.69, 9.17) is 5.73 Å². The van der Waals surface area contributed by atoms with E-state index in [1.54, 1.807) is 36.2 Å². The summed E-state index contributed by atoms with van der Waals surface area (Å²) in [5, 5.41) is 0. The van der Waals surface area contributed by atoms with Crippen molar-refractivity contribution >= 4 is 11.4 Å².